The van der Waals surface area contributed by atoms with Crippen LogP contribution in [0, 0.1) is 0 Å². The van der Waals surface area contributed by atoms with Crippen LogP contribution >= 0.6 is 0 Å². The Morgan fingerprint density at radius 3 is 1.37 bits per heavy atom. The average molecular weight is 684 g/mol. The third kappa shape index (κ3) is 10.3. The molecule has 1 aliphatic heterocycles. The van der Waals surface area contributed by atoms with E-state index >= 15 is 0 Å². The smallest absolute Gasteiger partial charge is 0.113 e. The largest absolute Gasteiger partial charge is 0.391 e. The van der Waals surface area contributed by atoms with Crippen molar-refractivity contribution in [1.82, 2.24) is 4.90 Å². The van der Waals surface area contributed by atoms with Gasteiger partial charge in [-0.3, -0.25) is 4.90 Å². The first-order chi connectivity index (χ1) is 25.2. The maximum absolute atomic E-state index is 12.1. The van der Waals surface area contributed by atoms with Crippen molar-refractivity contribution < 1.29 is 24.1 Å². The number of aliphatic hydroxyl groups excluding tert-OH is 1. The summed E-state index contributed by atoms with van der Waals surface area (Å²) < 4.78 is 27.4. The van der Waals surface area contributed by atoms with Gasteiger partial charge in [0.05, 0.1) is 51.2 Å². The van der Waals surface area contributed by atoms with Crippen molar-refractivity contribution in [2.45, 2.75) is 75.9 Å². The maximum Gasteiger partial charge on any atom is 0.113 e. The van der Waals surface area contributed by atoms with Gasteiger partial charge >= 0.3 is 0 Å². The summed E-state index contributed by atoms with van der Waals surface area (Å²) in [6.45, 7) is 6.46. The van der Waals surface area contributed by atoms with Crippen molar-refractivity contribution in [2.75, 3.05) is 6.61 Å². The minimum Gasteiger partial charge on any atom is -0.391 e. The zero-order chi connectivity index (χ0) is 35.1. The molecule has 6 heteroatoms. The molecule has 6 unspecified atom stereocenters. The first kappa shape index (κ1) is 36.4. The minimum absolute atomic E-state index is 0.292. The summed E-state index contributed by atoms with van der Waals surface area (Å²) in [7, 11) is 0. The predicted molar refractivity (Wildman–Crippen MR) is 202 cm³/mol. The van der Waals surface area contributed by atoms with Crippen LogP contribution in [0.15, 0.2) is 164 Å². The number of likely N-dealkylation sites (tertiary alicyclic amines) is 1. The van der Waals surface area contributed by atoms with Gasteiger partial charge in [-0.25, -0.2) is 0 Å². The van der Waals surface area contributed by atoms with Gasteiger partial charge in [0.2, 0.25) is 0 Å². The lowest BCUT2D eigenvalue weighted by Gasteiger charge is -2.54. The van der Waals surface area contributed by atoms with Crippen LogP contribution in [0.3, 0.4) is 0 Å². The molecule has 1 N–H and O–H groups in total. The molecule has 5 aromatic rings. The summed E-state index contributed by atoms with van der Waals surface area (Å²) in [5.41, 5.74) is 5.37. The van der Waals surface area contributed by atoms with E-state index in [4.69, 9.17) is 18.9 Å². The second-order valence-electron chi connectivity index (χ2n) is 13.1. The molecule has 5 aromatic carbocycles. The first-order valence-corrected chi connectivity index (χ1v) is 17.9. The van der Waals surface area contributed by atoms with E-state index in [9.17, 15) is 5.11 Å². The third-order valence-electron chi connectivity index (χ3n) is 9.44. The summed E-state index contributed by atoms with van der Waals surface area (Å²) in [5, 5.41) is 12.1. The Morgan fingerprint density at radius 1 is 0.529 bits per heavy atom. The first-order valence-electron chi connectivity index (χ1n) is 17.9. The number of benzene rings is 5. The Balaban J connectivity index is 1.42. The van der Waals surface area contributed by atoms with Crippen LogP contribution in [-0.4, -0.2) is 53.1 Å². The average Bonchev–Trinajstić information content (AvgIpc) is 3.18. The lowest BCUT2D eigenvalue weighted by molar-refractivity contribution is -0.243. The van der Waals surface area contributed by atoms with Gasteiger partial charge in [0.15, 0.2) is 0 Å². The van der Waals surface area contributed by atoms with Crippen LogP contribution in [0.1, 0.15) is 34.2 Å². The second kappa shape index (κ2) is 19.3. The summed E-state index contributed by atoms with van der Waals surface area (Å²) in [6, 6.07) is 50.3. The SMILES string of the molecule is C=CCC(O)C1C(OCc2ccccc2)C(OCc2ccccc2)C(OCc2ccccc2)C(COCc2ccccc2)N1Cc1ccccc1. The van der Waals surface area contributed by atoms with Crippen molar-refractivity contribution in [2.24, 2.45) is 0 Å². The number of ether oxygens (including phenoxy) is 4. The zero-order valence-electron chi connectivity index (χ0n) is 29.2. The molecule has 0 aliphatic carbocycles. The number of rotatable bonds is 18. The summed E-state index contributed by atoms with van der Waals surface area (Å²) in [6.07, 6.45) is -0.195. The van der Waals surface area contributed by atoms with E-state index in [-0.39, 0.29) is 6.04 Å². The lowest BCUT2D eigenvalue weighted by Crippen LogP contribution is -2.71. The highest BCUT2D eigenvalue weighted by molar-refractivity contribution is 5.20. The molecule has 51 heavy (non-hydrogen) atoms. The van der Waals surface area contributed by atoms with Gasteiger partial charge < -0.3 is 24.1 Å². The molecule has 0 bridgehead atoms. The molecule has 0 aromatic heterocycles. The predicted octanol–water partition coefficient (Wildman–Crippen LogP) is 8.15. The minimum atomic E-state index is -0.790. The topological polar surface area (TPSA) is 60.4 Å². The quantitative estimate of drug-likeness (QED) is 0.0942. The molecule has 0 saturated carbocycles. The van der Waals surface area contributed by atoms with Gasteiger partial charge in [-0.2, -0.15) is 0 Å². The van der Waals surface area contributed by atoms with E-state index in [1.165, 1.54) is 0 Å². The number of piperidine rings is 1. The van der Waals surface area contributed by atoms with Crippen molar-refractivity contribution in [3.05, 3.63) is 192 Å². The molecule has 6 nitrogen and oxygen atoms in total. The van der Waals surface area contributed by atoms with E-state index in [2.05, 4.69) is 72.1 Å². The molecular weight excluding hydrogens is 634 g/mol. The van der Waals surface area contributed by atoms with Crippen LogP contribution in [0.25, 0.3) is 0 Å². The highest BCUT2D eigenvalue weighted by atomic mass is 16.6. The Morgan fingerprint density at radius 2 is 0.922 bits per heavy atom. The van der Waals surface area contributed by atoms with Crippen LogP contribution in [0.4, 0.5) is 0 Å². The number of aliphatic hydroxyl groups is 1. The molecule has 1 fully saturated rings. The van der Waals surface area contributed by atoms with Crippen LogP contribution in [0.2, 0.25) is 0 Å². The number of hydrogen-bond acceptors (Lipinski definition) is 6. The van der Waals surface area contributed by atoms with E-state index < -0.39 is 30.5 Å². The summed E-state index contributed by atoms with van der Waals surface area (Å²) in [5.74, 6) is 0. The van der Waals surface area contributed by atoms with E-state index in [0.29, 0.717) is 46.0 Å². The van der Waals surface area contributed by atoms with Crippen molar-refractivity contribution in [3.8, 4) is 0 Å². The van der Waals surface area contributed by atoms with Gasteiger partial charge in [0.25, 0.3) is 0 Å². The molecule has 0 spiro atoms. The van der Waals surface area contributed by atoms with Crippen LogP contribution in [0.5, 0.6) is 0 Å². The second-order valence-corrected chi connectivity index (χ2v) is 13.1. The van der Waals surface area contributed by atoms with Gasteiger partial charge in [-0.1, -0.05) is 158 Å². The Hall–Kier alpha value is -4.40. The standard InChI is InChI=1S/C45H49NO5/c1-2-18-41(47)42-44(50-32-38-25-14-6-15-26-38)45(51-33-39-27-16-7-17-28-39)43(49-31-37-23-12-5-13-24-37)40(34-48-30-36-21-10-4-11-22-36)46(42)29-35-19-8-3-9-20-35/h2-17,19-28,40-45,47H,1,18,29-34H2. The molecular formula is C45H49NO5. The molecule has 1 aliphatic rings. The van der Waals surface area contributed by atoms with Gasteiger partial charge in [0, 0.05) is 6.54 Å². The fraction of sp³-hybridized carbons (Fsp3) is 0.289. The lowest BCUT2D eigenvalue weighted by atomic mass is 9.83. The van der Waals surface area contributed by atoms with E-state index in [1.54, 1.807) is 6.08 Å². The van der Waals surface area contributed by atoms with Crippen molar-refractivity contribution in [1.29, 1.82) is 0 Å². The van der Waals surface area contributed by atoms with Gasteiger partial charge in [0.1, 0.15) is 18.3 Å². The number of hydrogen-bond donors (Lipinski definition) is 1. The maximum atomic E-state index is 12.1. The van der Waals surface area contributed by atoms with Gasteiger partial charge in [-0.15, -0.1) is 6.58 Å². The van der Waals surface area contributed by atoms with Crippen molar-refractivity contribution >= 4 is 0 Å². The molecule has 0 amide bonds. The normalized spacial score (nSPS) is 21.2. The Labute approximate surface area is 302 Å². The fourth-order valence-corrected chi connectivity index (χ4v) is 6.92. The van der Waals surface area contributed by atoms with E-state index in [1.807, 2.05) is 91.0 Å². The number of nitrogens with zero attached hydrogens (tertiary/aromatic N) is 1. The molecule has 6 atom stereocenters. The molecule has 1 heterocycles. The molecule has 1 saturated heterocycles. The summed E-state index contributed by atoms with van der Waals surface area (Å²) in [4.78, 5) is 2.34. The zero-order valence-corrected chi connectivity index (χ0v) is 29.2. The molecule has 6 rings (SSSR count). The van der Waals surface area contributed by atoms with Crippen molar-refractivity contribution in [3.63, 3.8) is 0 Å². The highest BCUT2D eigenvalue weighted by Crippen LogP contribution is 2.36. The Kier molecular flexibility index (Phi) is 13.8. The molecule has 264 valence electrons. The van der Waals surface area contributed by atoms with Crippen LogP contribution in [-0.2, 0) is 51.9 Å². The van der Waals surface area contributed by atoms with Gasteiger partial charge in [-0.05, 0) is 34.2 Å². The summed E-state index contributed by atoms with van der Waals surface area (Å²) >= 11 is 0. The van der Waals surface area contributed by atoms with Crippen LogP contribution < -0.4 is 0 Å². The van der Waals surface area contributed by atoms with E-state index in [0.717, 1.165) is 27.8 Å². The third-order valence-corrected chi connectivity index (χ3v) is 9.44. The Bertz CT molecular complexity index is 1690. The fourth-order valence-electron chi connectivity index (χ4n) is 6.92. The monoisotopic (exact) mass is 683 g/mol. The molecule has 0 radical (unpaired) electrons. The highest BCUT2D eigenvalue weighted by Gasteiger charge is 2.53.